The summed E-state index contributed by atoms with van der Waals surface area (Å²) >= 11 is 0. The number of benzene rings is 2. The fourth-order valence-electron chi connectivity index (χ4n) is 2.51. The van der Waals surface area contributed by atoms with Gasteiger partial charge < -0.3 is 4.57 Å². The Morgan fingerprint density at radius 3 is 2.48 bits per heavy atom. The first-order valence-electron chi connectivity index (χ1n) is 7.39. The van der Waals surface area contributed by atoms with E-state index in [-0.39, 0.29) is 0 Å². The van der Waals surface area contributed by atoms with E-state index in [2.05, 4.69) is 84.1 Å². The van der Waals surface area contributed by atoms with Crippen molar-refractivity contribution >= 4 is 17.1 Å². The van der Waals surface area contributed by atoms with Gasteiger partial charge in [-0.15, -0.1) is 0 Å². The van der Waals surface area contributed by atoms with Gasteiger partial charge in [-0.25, -0.2) is 0 Å². The molecule has 0 spiro atoms. The maximum Gasteiger partial charge on any atom is 0.0602 e. The van der Waals surface area contributed by atoms with Gasteiger partial charge in [-0.1, -0.05) is 48.5 Å². The van der Waals surface area contributed by atoms with E-state index in [1.807, 2.05) is 6.21 Å². The molecule has 2 aromatic carbocycles. The predicted molar refractivity (Wildman–Crippen MR) is 90.2 cm³/mol. The third-order valence-corrected chi connectivity index (χ3v) is 3.53. The van der Waals surface area contributed by atoms with Gasteiger partial charge in [0, 0.05) is 29.7 Å². The number of nitrogens with zero attached hydrogens (tertiary/aromatic N) is 2. The molecular weight excluding hydrogens is 256 g/mol. The zero-order chi connectivity index (χ0) is 14.7. The summed E-state index contributed by atoms with van der Waals surface area (Å²) in [7, 11) is 0. The molecule has 3 rings (SSSR count). The summed E-state index contributed by atoms with van der Waals surface area (Å²) in [6.07, 6.45) is 1.99. The van der Waals surface area contributed by atoms with Gasteiger partial charge in [0.1, 0.15) is 0 Å². The molecule has 21 heavy (non-hydrogen) atoms. The molecule has 2 heteroatoms. The highest BCUT2D eigenvalue weighted by Gasteiger charge is 2.07. The van der Waals surface area contributed by atoms with Crippen LogP contribution in [0.4, 0.5) is 0 Å². The van der Waals surface area contributed by atoms with Crippen molar-refractivity contribution in [3.8, 4) is 0 Å². The Hall–Kier alpha value is -2.35. The van der Waals surface area contributed by atoms with Gasteiger partial charge in [-0.3, -0.25) is 4.99 Å². The van der Waals surface area contributed by atoms with Crippen molar-refractivity contribution in [2.24, 2.45) is 4.99 Å². The minimum atomic E-state index is 0.313. The number of para-hydroxylation sites is 1. The molecule has 0 saturated carbocycles. The van der Waals surface area contributed by atoms with Gasteiger partial charge in [0.2, 0.25) is 0 Å². The molecule has 0 radical (unpaired) electrons. The molecule has 1 aromatic heterocycles. The minimum Gasteiger partial charge on any atom is -0.335 e. The average molecular weight is 276 g/mol. The Morgan fingerprint density at radius 1 is 1.00 bits per heavy atom. The molecule has 2 nitrogen and oxygen atoms in total. The Kier molecular flexibility index (Phi) is 3.87. The maximum absolute atomic E-state index is 4.55. The third-order valence-electron chi connectivity index (χ3n) is 3.53. The van der Waals surface area contributed by atoms with Crippen molar-refractivity contribution < 1.29 is 0 Å². The standard InChI is InChI=1S/C19H20N2/c1-15(2)20-13-18-12-17-10-6-7-11-19(17)21(18)14-16-8-4-3-5-9-16/h3-13,15H,14H2,1-2H3. The zero-order valence-electron chi connectivity index (χ0n) is 12.5. The SMILES string of the molecule is CC(C)N=Cc1cc2ccccc2n1Cc1ccccc1. The van der Waals surface area contributed by atoms with Gasteiger partial charge >= 0.3 is 0 Å². The highest BCUT2D eigenvalue weighted by molar-refractivity contribution is 5.90. The van der Waals surface area contributed by atoms with Crippen LogP contribution in [-0.2, 0) is 6.54 Å². The van der Waals surface area contributed by atoms with Crippen LogP contribution in [-0.4, -0.2) is 16.8 Å². The quantitative estimate of drug-likeness (QED) is 0.624. The van der Waals surface area contributed by atoms with E-state index in [1.165, 1.54) is 16.5 Å². The van der Waals surface area contributed by atoms with Crippen molar-refractivity contribution in [1.29, 1.82) is 0 Å². The summed E-state index contributed by atoms with van der Waals surface area (Å²) in [6, 6.07) is 21.6. The van der Waals surface area contributed by atoms with Crippen LogP contribution in [0.2, 0.25) is 0 Å². The van der Waals surface area contributed by atoms with Crippen molar-refractivity contribution in [1.82, 2.24) is 4.57 Å². The maximum atomic E-state index is 4.55. The number of rotatable bonds is 4. The first-order valence-corrected chi connectivity index (χ1v) is 7.39. The van der Waals surface area contributed by atoms with Crippen LogP contribution in [0.25, 0.3) is 10.9 Å². The second-order valence-corrected chi connectivity index (χ2v) is 5.57. The van der Waals surface area contributed by atoms with Crippen molar-refractivity contribution in [3.63, 3.8) is 0 Å². The minimum absolute atomic E-state index is 0.313. The topological polar surface area (TPSA) is 17.3 Å². The van der Waals surface area contributed by atoms with Crippen LogP contribution in [0.3, 0.4) is 0 Å². The first kappa shape index (κ1) is 13.6. The van der Waals surface area contributed by atoms with Crippen LogP contribution in [0.5, 0.6) is 0 Å². The van der Waals surface area contributed by atoms with Crippen molar-refractivity contribution in [2.75, 3.05) is 0 Å². The van der Waals surface area contributed by atoms with Crippen LogP contribution >= 0.6 is 0 Å². The molecule has 0 aliphatic heterocycles. The van der Waals surface area contributed by atoms with E-state index in [0.29, 0.717) is 6.04 Å². The van der Waals surface area contributed by atoms with Gasteiger partial charge in [0.05, 0.1) is 5.69 Å². The molecule has 0 aliphatic rings. The molecule has 0 bridgehead atoms. The zero-order valence-corrected chi connectivity index (χ0v) is 12.5. The van der Waals surface area contributed by atoms with Crippen LogP contribution < -0.4 is 0 Å². The molecule has 0 saturated heterocycles. The van der Waals surface area contributed by atoms with Gasteiger partial charge in [0.15, 0.2) is 0 Å². The Morgan fingerprint density at radius 2 is 1.71 bits per heavy atom. The normalized spacial score (nSPS) is 11.8. The van der Waals surface area contributed by atoms with E-state index >= 15 is 0 Å². The van der Waals surface area contributed by atoms with Crippen LogP contribution in [0.15, 0.2) is 65.7 Å². The van der Waals surface area contributed by atoms with Crippen molar-refractivity contribution in [3.05, 3.63) is 71.9 Å². The monoisotopic (exact) mass is 276 g/mol. The summed E-state index contributed by atoms with van der Waals surface area (Å²) in [4.78, 5) is 4.55. The number of hydrogen-bond acceptors (Lipinski definition) is 1. The lowest BCUT2D eigenvalue weighted by Crippen LogP contribution is -2.04. The smallest absolute Gasteiger partial charge is 0.0602 e. The summed E-state index contributed by atoms with van der Waals surface area (Å²) in [6.45, 7) is 5.06. The second kappa shape index (κ2) is 5.96. The third kappa shape index (κ3) is 3.05. The molecule has 0 fully saturated rings. The van der Waals surface area contributed by atoms with Crippen molar-refractivity contribution in [2.45, 2.75) is 26.4 Å². The molecule has 0 N–H and O–H groups in total. The summed E-state index contributed by atoms with van der Waals surface area (Å²) in [5.74, 6) is 0. The Bertz CT molecular complexity index is 752. The van der Waals surface area contributed by atoms with Crippen LogP contribution in [0.1, 0.15) is 25.1 Å². The first-order chi connectivity index (χ1) is 10.2. The summed E-state index contributed by atoms with van der Waals surface area (Å²) in [5.41, 5.74) is 3.72. The van der Waals surface area contributed by atoms with Gasteiger partial charge in [-0.2, -0.15) is 0 Å². The Labute approximate surface area is 125 Å². The molecule has 106 valence electrons. The Balaban J connectivity index is 2.07. The number of aliphatic imine (C=N–C) groups is 1. The lowest BCUT2D eigenvalue weighted by Gasteiger charge is -2.09. The molecule has 0 amide bonds. The average Bonchev–Trinajstić information content (AvgIpc) is 2.84. The largest absolute Gasteiger partial charge is 0.335 e. The molecule has 0 unspecified atom stereocenters. The van der Waals surface area contributed by atoms with E-state index in [9.17, 15) is 0 Å². The van der Waals surface area contributed by atoms with E-state index in [4.69, 9.17) is 0 Å². The second-order valence-electron chi connectivity index (χ2n) is 5.57. The van der Waals surface area contributed by atoms with Crippen LogP contribution in [0, 0.1) is 0 Å². The molecule has 1 heterocycles. The summed E-state index contributed by atoms with van der Waals surface area (Å²) in [5, 5.41) is 1.26. The number of aromatic nitrogens is 1. The summed E-state index contributed by atoms with van der Waals surface area (Å²) < 4.78 is 2.33. The fourth-order valence-corrected chi connectivity index (χ4v) is 2.51. The van der Waals surface area contributed by atoms with E-state index < -0.39 is 0 Å². The highest BCUT2D eigenvalue weighted by atomic mass is 15.0. The molecular formula is C19H20N2. The van der Waals surface area contributed by atoms with Gasteiger partial charge in [-0.05, 0) is 31.5 Å². The lowest BCUT2D eigenvalue weighted by molar-refractivity contribution is 0.816. The van der Waals surface area contributed by atoms with E-state index in [0.717, 1.165) is 12.2 Å². The predicted octanol–water partition coefficient (Wildman–Crippen LogP) is 4.52. The highest BCUT2D eigenvalue weighted by Crippen LogP contribution is 2.20. The molecule has 3 aromatic rings. The fraction of sp³-hybridized carbons (Fsp3) is 0.211. The molecule has 0 aliphatic carbocycles. The van der Waals surface area contributed by atoms with E-state index in [1.54, 1.807) is 0 Å². The van der Waals surface area contributed by atoms with Gasteiger partial charge in [0.25, 0.3) is 0 Å². The molecule has 0 atom stereocenters. The lowest BCUT2D eigenvalue weighted by atomic mass is 10.2. The number of fused-ring (bicyclic) bond motifs is 1. The number of hydrogen-bond donors (Lipinski definition) is 0.